The molecule has 2 aromatic rings. The van der Waals surface area contributed by atoms with E-state index in [1.807, 2.05) is 6.92 Å². The van der Waals surface area contributed by atoms with E-state index in [0.29, 0.717) is 12.0 Å². The largest absolute Gasteiger partial charge is 0.324 e. The molecule has 3 rings (SSSR count). The first-order valence-corrected chi connectivity index (χ1v) is 10.2. The third-order valence-electron chi connectivity index (χ3n) is 4.57. The normalized spacial score (nSPS) is 18.2. The second kappa shape index (κ2) is 7.67. The molecule has 0 unspecified atom stereocenters. The molecule has 148 valence electrons. The molecular formula is C19H19F2N3O3S. The molecule has 2 aromatic carbocycles. The number of hydrogen-bond donors (Lipinski definition) is 2. The van der Waals surface area contributed by atoms with Crippen LogP contribution in [0.25, 0.3) is 0 Å². The Morgan fingerprint density at radius 1 is 1.18 bits per heavy atom. The third-order valence-corrected chi connectivity index (χ3v) is 5.97. The van der Waals surface area contributed by atoms with Gasteiger partial charge in [-0.3, -0.25) is 14.5 Å². The van der Waals surface area contributed by atoms with E-state index >= 15 is 0 Å². The number of sulfonamides is 1. The Balaban J connectivity index is 1.94. The molecule has 9 heteroatoms. The molecule has 1 amide bonds. The molecule has 0 aromatic heterocycles. The van der Waals surface area contributed by atoms with Gasteiger partial charge in [0.25, 0.3) is 10.0 Å². The molecule has 0 aliphatic carbocycles. The predicted molar refractivity (Wildman–Crippen MR) is 102 cm³/mol. The molecule has 1 aliphatic heterocycles. The summed E-state index contributed by atoms with van der Waals surface area (Å²) in [6.45, 7) is 3.67. The van der Waals surface area contributed by atoms with Crippen LogP contribution in [-0.2, 0) is 14.8 Å². The second-order valence-corrected chi connectivity index (χ2v) is 8.18. The van der Waals surface area contributed by atoms with Crippen LogP contribution >= 0.6 is 0 Å². The highest BCUT2D eigenvalue weighted by Gasteiger charge is 2.33. The van der Waals surface area contributed by atoms with Crippen molar-refractivity contribution in [1.29, 1.82) is 0 Å². The monoisotopic (exact) mass is 407 g/mol. The van der Waals surface area contributed by atoms with Gasteiger partial charge in [0.1, 0.15) is 11.9 Å². The summed E-state index contributed by atoms with van der Waals surface area (Å²) < 4.78 is 53.4. The maximum Gasteiger partial charge on any atom is 0.263 e. The molecular weight excluding hydrogens is 388 g/mol. The fourth-order valence-electron chi connectivity index (χ4n) is 2.83. The summed E-state index contributed by atoms with van der Waals surface area (Å²) in [5.41, 5.74) is 0.473. The summed E-state index contributed by atoms with van der Waals surface area (Å²) in [4.78, 5) is 17.2. The minimum Gasteiger partial charge on any atom is -0.324 e. The van der Waals surface area contributed by atoms with Crippen molar-refractivity contribution >= 4 is 27.5 Å². The molecule has 6 nitrogen and oxygen atoms in total. The van der Waals surface area contributed by atoms with Crippen LogP contribution in [0.5, 0.6) is 0 Å². The molecule has 0 saturated carbocycles. The number of benzene rings is 2. The maximum atomic E-state index is 13.4. The number of nitrogens with one attached hydrogen (secondary N) is 2. The second-order valence-electron chi connectivity index (χ2n) is 6.53. The highest BCUT2D eigenvalue weighted by atomic mass is 32.2. The number of carbonyl (C=O) groups excluding carboxylic acids is 1. The fourth-order valence-corrected chi connectivity index (χ4v) is 4.07. The molecule has 2 N–H and O–H groups in total. The Kier molecular flexibility index (Phi) is 5.46. The van der Waals surface area contributed by atoms with E-state index in [4.69, 9.17) is 0 Å². The van der Waals surface area contributed by atoms with Crippen LogP contribution in [0.2, 0.25) is 0 Å². The Morgan fingerprint density at radius 2 is 1.89 bits per heavy atom. The van der Waals surface area contributed by atoms with Crippen molar-refractivity contribution in [2.75, 3.05) is 5.32 Å². The zero-order valence-corrected chi connectivity index (χ0v) is 16.1. The smallest absolute Gasteiger partial charge is 0.263 e. The van der Waals surface area contributed by atoms with E-state index in [1.54, 1.807) is 25.1 Å². The fraction of sp³-hybridized carbons (Fsp3) is 0.263. The first-order valence-electron chi connectivity index (χ1n) is 8.69. The van der Waals surface area contributed by atoms with E-state index in [0.717, 1.165) is 12.1 Å². The van der Waals surface area contributed by atoms with Crippen LogP contribution in [0, 0.1) is 17.6 Å². The summed E-state index contributed by atoms with van der Waals surface area (Å²) in [5, 5.41) is 2.51. The lowest BCUT2D eigenvalue weighted by Gasteiger charge is -2.19. The number of hydrogen-bond acceptors (Lipinski definition) is 4. The highest BCUT2D eigenvalue weighted by Crippen LogP contribution is 2.24. The molecule has 0 fully saturated rings. The van der Waals surface area contributed by atoms with E-state index in [9.17, 15) is 22.0 Å². The number of halogens is 2. The van der Waals surface area contributed by atoms with Gasteiger partial charge in [0.05, 0.1) is 4.90 Å². The highest BCUT2D eigenvalue weighted by molar-refractivity contribution is 7.90. The summed E-state index contributed by atoms with van der Waals surface area (Å²) in [6, 6.07) is 8.44. The van der Waals surface area contributed by atoms with Gasteiger partial charge < -0.3 is 5.32 Å². The molecule has 2 atom stereocenters. The SMILES string of the molecule is CC[C@H](C)[C@H](N=C1NS(=O)(=O)c2ccccc21)C(=O)Nc1ccc(F)c(F)c1. The van der Waals surface area contributed by atoms with Gasteiger partial charge in [-0.15, -0.1) is 0 Å². The van der Waals surface area contributed by atoms with Crippen molar-refractivity contribution in [2.45, 2.75) is 31.2 Å². The zero-order valence-electron chi connectivity index (χ0n) is 15.2. The summed E-state index contributed by atoms with van der Waals surface area (Å²) in [7, 11) is -3.73. The van der Waals surface area contributed by atoms with Crippen molar-refractivity contribution in [3.63, 3.8) is 0 Å². The molecule has 0 spiro atoms. The van der Waals surface area contributed by atoms with Crippen LogP contribution in [0.1, 0.15) is 25.8 Å². The third kappa shape index (κ3) is 3.89. The lowest BCUT2D eigenvalue weighted by molar-refractivity contribution is -0.118. The van der Waals surface area contributed by atoms with Gasteiger partial charge in [0.15, 0.2) is 11.6 Å². The van der Waals surface area contributed by atoms with Crippen molar-refractivity contribution in [3.05, 3.63) is 59.7 Å². The summed E-state index contributed by atoms with van der Waals surface area (Å²) in [5.74, 6) is -2.79. The Labute approximate surface area is 161 Å². The van der Waals surface area contributed by atoms with Crippen LogP contribution in [-0.4, -0.2) is 26.2 Å². The van der Waals surface area contributed by atoms with Gasteiger partial charge in [0, 0.05) is 17.3 Å². The standard InChI is InChI=1S/C19H19F2N3O3S/c1-3-11(2)17(19(25)22-12-8-9-14(20)15(21)10-12)23-18-13-6-4-5-7-16(13)28(26,27)24-18/h4-11,17H,3H2,1-2H3,(H,22,25)(H,23,24)/t11-,17-/m0/s1. The van der Waals surface area contributed by atoms with E-state index in [2.05, 4.69) is 15.0 Å². The number of amidine groups is 1. The number of rotatable bonds is 5. The van der Waals surface area contributed by atoms with Crippen LogP contribution in [0.3, 0.4) is 0 Å². The minimum absolute atomic E-state index is 0.0846. The van der Waals surface area contributed by atoms with Gasteiger partial charge in [-0.1, -0.05) is 32.4 Å². The molecule has 0 saturated heterocycles. The van der Waals surface area contributed by atoms with Crippen molar-refractivity contribution in [2.24, 2.45) is 10.9 Å². The van der Waals surface area contributed by atoms with E-state index in [1.165, 1.54) is 12.1 Å². The first-order chi connectivity index (χ1) is 13.2. The predicted octanol–water partition coefficient (Wildman–Crippen LogP) is 3.06. The van der Waals surface area contributed by atoms with Gasteiger partial charge in [-0.2, -0.15) is 0 Å². The van der Waals surface area contributed by atoms with Crippen molar-refractivity contribution in [3.8, 4) is 0 Å². The number of amides is 1. The zero-order chi connectivity index (χ0) is 20.5. The average molecular weight is 407 g/mol. The quantitative estimate of drug-likeness (QED) is 0.799. The average Bonchev–Trinajstić information content (AvgIpc) is 2.92. The number of fused-ring (bicyclic) bond motifs is 1. The van der Waals surface area contributed by atoms with E-state index < -0.39 is 33.6 Å². The molecule has 28 heavy (non-hydrogen) atoms. The van der Waals surface area contributed by atoms with E-state index in [-0.39, 0.29) is 22.3 Å². The first kappa shape index (κ1) is 19.9. The number of nitrogens with zero attached hydrogens (tertiary/aromatic N) is 1. The Morgan fingerprint density at radius 3 is 2.57 bits per heavy atom. The van der Waals surface area contributed by atoms with Crippen LogP contribution in [0.15, 0.2) is 52.4 Å². The molecule has 0 bridgehead atoms. The molecule has 0 radical (unpaired) electrons. The number of aliphatic imine (C=N–C) groups is 1. The van der Waals surface area contributed by atoms with Crippen molar-refractivity contribution in [1.82, 2.24) is 4.72 Å². The van der Waals surface area contributed by atoms with Gasteiger partial charge >= 0.3 is 0 Å². The van der Waals surface area contributed by atoms with Gasteiger partial charge in [-0.25, -0.2) is 17.2 Å². The maximum absolute atomic E-state index is 13.4. The molecule has 1 heterocycles. The molecule has 1 aliphatic rings. The van der Waals surface area contributed by atoms with Gasteiger partial charge in [0.2, 0.25) is 5.91 Å². The lowest BCUT2D eigenvalue weighted by atomic mass is 9.98. The number of anilines is 1. The lowest BCUT2D eigenvalue weighted by Crippen LogP contribution is -2.34. The summed E-state index contributed by atoms with van der Waals surface area (Å²) in [6.07, 6.45) is 0.598. The Bertz CT molecular complexity index is 1050. The van der Waals surface area contributed by atoms with Crippen LogP contribution < -0.4 is 10.0 Å². The van der Waals surface area contributed by atoms with Gasteiger partial charge in [-0.05, 0) is 30.2 Å². The summed E-state index contributed by atoms with van der Waals surface area (Å²) >= 11 is 0. The Hall–Kier alpha value is -2.81. The number of carbonyl (C=O) groups is 1. The minimum atomic E-state index is -3.73. The van der Waals surface area contributed by atoms with Crippen molar-refractivity contribution < 1.29 is 22.0 Å². The topological polar surface area (TPSA) is 87.6 Å². The van der Waals surface area contributed by atoms with Crippen LogP contribution in [0.4, 0.5) is 14.5 Å².